The number of piperidine rings is 2. The Balaban J connectivity index is 0.722. The van der Waals surface area contributed by atoms with Gasteiger partial charge in [0, 0.05) is 45.5 Å². The highest BCUT2D eigenvalue weighted by Gasteiger charge is 2.48. The van der Waals surface area contributed by atoms with E-state index >= 15 is 0 Å². The molecule has 5 fully saturated rings. The van der Waals surface area contributed by atoms with Crippen LogP contribution in [0.4, 0.5) is 20.3 Å². The van der Waals surface area contributed by atoms with Crippen LogP contribution in [0.1, 0.15) is 91.5 Å². The minimum atomic E-state index is -2.91. The van der Waals surface area contributed by atoms with Gasteiger partial charge in [0.1, 0.15) is 30.1 Å². The predicted octanol–water partition coefficient (Wildman–Crippen LogP) is 3.49. The molecule has 8 heterocycles. The molecular weight excluding hydrogens is 831 g/mol. The van der Waals surface area contributed by atoms with Crippen molar-refractivity contribution in [1.29, 1.82) is 5.26 Å². The number of alkyl halides is 2. The van der Waals surface area contributed by atoms with Crippen LogP contribution in [0.15, 0.2) is 47.7 Å². The smallest absolute Gasteiger partial charge is 0.329 e. The fourth-order valence-electron chi connectivity index (χ4n) is 10.0. The highest BCUT2D eigenvalue weighted by molar-refractivity contribution is 6.08. The molecule has 2 N–H and O–H groups in total. The van der Waals surface area contributed by atoms with Crippen molar-refractivity contribution in [2.24, 2.45) is 13.0 Å². The van der Waals surface area contributed by atoms with E-state index < -0.39 is 30.0 Å². The number of nitriles is 1. The Labute approximate surface area is 365 Å². The molecule has 20 heteroatoms. The summed E-state index contributed by atoms with van der Waals surface area (Å²) < 4.78 is 46.2. The lowest BCUT2D eigenvalue weighted by Gasteiger charge is -2.55. The average molecular weight is 877 g/mol. The highest BCUT2D eigenvalue weighted by atomic mass is 19.3. The standard InChI is InChI=1S/C44H46F2N12O6/c1-53-39-26(4-2-6-31(39)58(44(53)62)32-11-12-37(59)51-43(32)61)5-3-19-63-28-13-16-54(17-14-28)33(20-47)25-7-9-27(10-8-25)57-22-30(38(52-57)40(45)46)49-42(60)29-21-48-56-18-15-36(50-41(29)56)55-23-35-34(55)24-64-35/h2,4,6,15,18,21-22,25,27-28,32-35,40H,7-14,16-17,19,23-24H2,1H3,(H,49,60)(H,51,59,61)/t25?,27?,32?,33-,34+,35?/m1/s1. The zero-order chi connectivity index (χ0) is 44.2. The lowest BCUT2D eigenvalue weighted by molar-refractivity contribution is -0.135. The molecule has 1 saturated carbocycles. The van der Waals surface area contributed by atoms with Gasteiger partial charge in [0.2, 0.25) is 11.8 Å². The molecule has 5 aliphatic rings. The van der Waals surface area contributed by atoms with Gasteiger partial charge in [-0.3, -0.25) is 38.4 Å². The molecule has 3 amide bonds. The van der Waals surface area contributed by atoms with E-state index in [9.17, 15) is 33.2 Å². The minimum absolute atomic E-state index is 0.0366. The van der Waals surface area contributed by atoms with Crippen molar-refractivity contribution >= 4 is 45.9 Å². The first-order valence-corrected chi connectivity index (χ1v) is 21.7. The molecular formula is C44H46F2N12O6. The van der Waals surface area contributed by atoms with Crippen LogP contribution < -0.4 is 21.2 Å². The average Bonchev–Trinajstić information content (AvgIpc) is 3.98. The normalized spacial score (nSPS) is 24.4. The predicted molar refractivity (Wildman–Crippen MR) is 225 cm³/mol. The SMILES string of the molecule is Cn1c(=O)n(C2CCC(=O)NC2=O)c2cccc(C#CCOC3CCN([C@H](C#N)C4CCC(n5cc(NC(=O)c6cnn7ccc(N8CC9OC[C@@H]98)nc67)c(C(F)F)n5)CC4)CC3)c21. The second-order valence-corrected chi connectivity index (χ2v) is 17.2. The van der Waals surface area contributed by atoms with E-state index in [1.165, 1.54) is 30.7 Å². The molecule has 4 aliphatic heterocycles. The van der Waals surface area contributed by atoms with Gasteiger partial charge in [-0.05, 0) is 69.1 Å². The third kappa shape index (κ3) is 7.48. The molecule has 0 radical (unpaired) electrons. The molecule has 18 nitrogen and oxygen atoms in total. The molecule has 1 aliphatic carbocycles. The first-order chi connectivity index (χ1) is 31.1. The third-order valence-electron chi connectivity index (χ3n) is 13.6. The van der Waals surface area contributed by atoms with Gasteiger partial charge in [0.05, 0.1) is 65.4 Å². The quantitative estimate of drug-likeness (QED) is 0.153. The summed E-state index contributed by atoms with van der Waals surface area (Å²) in [6.07, 6.45) is 6.42. The van der Waals surface area contributed by atoms with Crippen molar-refractivity contribution < 1.29 is 32.6 Å². The van der Waals surface area contributed by atoms with E-state index in [0.717, 1.165) is 25.7 Å². The van der Waals surface area contributed by atoms with E-state index in [2.05, 4.69) is 53.5 Å². The lowest BCUT2D eigenvalue weighted by Crippen LogP contribution is -2.71. The zero-order valence-electron chi connectivity index (χ0n) is 35.0. The summed E-state index contributed by atoms with van der Waals surface area (Å²) in [7, 11) is 1.64. The van der Waals surface area contributed by atoms with Crippen molar-refractivity contribution in [1.82, 2.24) is 43.7 Å². The Kier molecular flexibility index (Phi) is 11.0. The Morgan fingerprint density at radius 1 is 1.09 bits per heavy atom. The molecule has 4 aromatic heterocycles. The second-order valence-electron chi connectivity index (χ2n) is 17.2. The topological polar surface area (TPSA) is 199 Å². The number of imidazole rings is 1. The summed E-state index contributed by atoms with van der Waals surface area (Å²) in [6.45, 7) is 2.89. The summed E-state index contributed by atoms with van der Waals surface area (Å²) in [6, 6.07) is 8.75. The van der Waals surface area contributed by atoms with Gasteiger partial charge in [-0.1, -0.05) is 17.9 Å². The minimum Gasteiger partial charge on any atom is -0.372 e. The Morgan fingerprint density at radius 2 is 1.91 bits per heavy atom. The van der Waals surface area contributed by atoms with Crippen LogP contribution in [-0.2, 0) is 26.1 Å². The van der Waals surface area contributed by atoms with Gasteiger partial charge in [-0.25, -0.2) is 23.1 Å². The number of hydrogen-bond donors (Lipinski definition) is 2. The largest absolute Gasteiger partial charge is 0.372 e. The van der Waals surface area contributed by atoms with E-state index in [4.69, 9.17) is 9.47 Å². The summed E-state index contributed by atoms with van der Waals surface area (Å²) in [4.78, 5) is 60.1. The molecule has 10 rings (SSSR count). The lowest BCUT2D eigenvalue weighted by atomic mass is 9.81. The molecule has 2 unspecified atom stereocenters. The fourth-order valence-corrected chi connectivity index (χ4v) is 10.0. The van der Waals surface area contributed by atoms with Crippen molar-refractivity contribution in [3.8, 4) is 17.9 Å². The number of benzene rings is 1. The summed E-state index contributed by atoms with van der Waals surface area (Å²) in [5.41, 5.74) is 1.34. The van der Waals surface area contributed by atoms with E-state index in [0.29, 0.717) is 67.1 Å². The number of imide groups is 1. The van der Waals surface area contributed by atoms with Crippen LogP contribution in [0.25, 0.3) is 16.7 Å². The number of nitrogens with zero attached hydrogens (tertiary/aromatic N) is 10. The van der Waals surface area contributed by atoms with Crippen LogP contribution >= 0.6 is 0 Å². The maximum absolute atomic E-state index is 14.3. The molecule has 64 heavy (non-hydrogen) atoms. The maximum Gasteiger partial charge on any atom is 0.329 e. The molecule has 1 aromatic carbocycles. The van der Waals surface area contributed by atoms with Crippen molar-refractivity contribution in [3.63, 3.8) is 0 Å². The first kappa shape index (κ1) is 41.5. The number of nitrogens with one attached hydrogen (secondary N) is 2. The maximum atomic E-state index is 14.3. The zero-order valence-corrected chi connectivity index (χ0v) is 35.0. The number of morpholine rings is 1. The number of carbonyl (C=O) groups excluding carboxylic acids is 3. The third-order valence-corrected chi connectivity index (χ3v) is 13.6. The Bertz CT molecular complexity index is 2820. The van der Waals surface area contributed by atoms with Crippen LogP contribution in [0.2, 0.25) is 0 Å². The van der Waals surface area contributed by atoms with Gasteiger partial charge in [-0.15, -0.1) is 0 Å². The number of fused-ring (bicyclic) bond motifs is 3. The number of halogens is 2. The number of anilines is 2. The fraction of sp³-hybridized carbons (Fsp3) is 0.500. The summed E-state index contributed by atoms with van der Waals surface area (Å²) >= 11 is 0. The monoisotopic (exact) mass is 876 g/mol. The van der Waals surface area contributed by atoms with Gasteiger partial charge in [0.25, 0.3) is 12.3 Å². The molecule has 4 atom stereocenters. The van der Waals surface area contributed by atoms with Crippen LogP contribution in [0, 0.1) is 29.1 Å². The number of carbonyl (C=O) groups is 3. The van der Waals surface area contributed by atoms with Crippen molar-refractivity contribution in [2.75, 3.05) is 43.1 Å². The Hall–Kier alpha value is -6.48. The number of aromatic nitrogens is 7. The number of ether oxygens (including phenoxy) is 2. The number of aryl methyl sites for hydroxylation is 1. The second kappa shape index (κ2) is 16.9. The van der Waals surface area contributed by atoms with E-state index in [1.807, 2.05) is 12.1 Å². The highest BCUT2D eigenvalue weighted by Crippen LogP contribution is 2.38. The summed E-state index contributed by atoms with van der Waals surface area (Å²) in [5.74, 6) is 5.57. The van der Waals surface area contributed by atoms with Gasteiger partial charge in [0.15, 0.2) is 11.3 Å². The summed E-state index contributed by atoms with van der Waals surface area (Å²) in [5, 5.41) is 23.8. The van der Waals surface area contributed by atoms with Crippen LogP contribution in [0.5, 0.6) is 0 Å². The van der Waals surface area contributed by atoms with Crippen LogP contribution in [0.3, 0.4) is 0 Å². The van der Waals surface area contributed by atoms with Gasteiger partial charge in [-0.2, -0.15) is 15.5 Å². The number of amides is 3. The molecule has 0 spiro atoms. The van der Waals surface area contributed by atoms with Crippen molar-refractivity contribution in [2.45, 2.75) is 94.2 Å². The Morgan fingerprint density at radius 3 is 2.61 bits per heavy atom. The van der Waals surface area contributed by atoms with E-state index in [-0.39, 0.29) is 78.5 Å². The van der Waals surface area contributed by atoms with Gasteiger partial charge < -0.3 is 19.7 Å². The molecule has 5 aromatic rings. The number of para-hydroxylation sites is 1. The number of likely N-dealkylation sites (tertiary alicyclic amines) is 1. The first-order valence-electron chi connectivity index (χ1n) is 21.7. The molecule has 0 bridgehead atoms. The van der Waals surface area contributed by atoms with Crippen molar-refractivity contribution in [3.05, 3.63) is 70.2 Å². The van der Waals surface area contributed by atoms with E-state index in [1.54, 1.807) is 25.4 Å². The van der Waals surface area contributed by atoms with Gasteiger partial charge >= 0.3 is 5.69 Å². The molecule has 4 saturated heterocycles. The number of hydrogen-bond acceptors (Lipinski definition) is 12. The van der Waals surface area contributed by atoms with Crippen LogP contribution in [-0.4, -0.2) is 113 Å². The molecule has 332 valence electrons. The number of rotatable bonds is 10.